The topological polar surface area (TPSA) is 81.4 Å². The highest BCUT2D eigenvalue weighted by molar-refractivity contribution is 7.89. The van der Waals surface area contributed by atoms with E-state index in [0.717, 1.165) is 0 Å². The van der Waals surface area contributed by atoms with Gasteiger partial charge in [0.25, 0.3) is 0 Å². The molecule has 0 spiro atoms. The summed E-state index contributed by atoms with van der Waals surface area (Å²) in [6.45, 7) is 1.21. The Morgan fingerprint density at radius 2 is 1.90 bits per heavy atom. The first-order valence-corrected chi connectivity index (χ1v) is 7.52. The molecule has 1 aromatic carbocycles. The molecule has 1 rings (SSSR count). The van der Waals surface area contributed by atoms with Crippen LogP contribution in [-0.4, -0.2) is 34.4 Å². The zero-order valence-corrected chi connectivity index (χ0v) is 12.4. The Morgan fingerprint density at radius 3 is 2.48 bits per heavy atom. The molecule has 0 atom stereocenters. The van der Waals surface area contributed by atoms with Gasteiger partial charge in [0.05, 0.1) is 11.5 Å². The van der Waals surface area contributed by atoms with Crippen LogP contribution in [0.4, 0.5) is 18.9 Å². The summed E-state index contributed by atoms with van der Waals surface area (Å²) in [5.41, 5.74) is 7.10. The summed E-state index contributed by atoms with van der Waals surface area (Å²) < 4.78 is 66.2. The maximum atomic E-state index is 12.1. The summed E-state index contributed by atoms with van der Waals surface area (Å²) in [5.74, 6) is 0. The lowest BCUT2D eigenvalue weighted by Gasteiger charge is -2.12. The summed E-state index contributed by atoms with van der Waals surface area (Å²) in [4.78, 5) is 0.0100. The van der Waals surface area contributed by atoms with Crippen LogP contribution in [0.2, 0.25) is 0 Å². The Labute approximate surface area is 121 Å². The van der Waals surface area contributed by atoms with E-state index in [1.54, 1.807) is 19.9 Å². The SMILES string of the molecule is Cc1cc(N)c(C)c(S(=O)(=O)NCCOCC(F)(F)F)c1. The van der Waals surface area contributed by atoms with Crippen LogP contribution in [0.3, 0.4) is 0 Å². The Bertz CT molecular complexity index is 601. The fraction of sp³-hybridized carbons (Fsp3) is 0.500. The van der Waals surface area contributed by atoms with E-state index < -0.39 is 22.8 Å². The average Bonchev–Trinajstić information content (AvgIpc) is 2.31. The zero-order valence-electron chi connectivity index (χ0n) is 11.6. The number of ether oxygens (including phenoxy) is 1. The molecule has 5 nitrogen and oxygen atoms in total. The number of anilines is 1. The summed E-state index contributed by atoms with van der Waals surface area (Å²) in [5, 5.41) is 0. The molecule has 0 radical (unpaired) electrons. The molecule has 0 saturated carbocycles. The van der Waals surface area contributed by atoms with Crippen LogP contribution in [0.15, 0.2) is 17.0 Å². The van der Waals surface area contributed by atoms with E-state index in [9.17, 15) is 21.6 Å². The maximum absolute atomic E-state index is 12.1. The monoisotopic (exact) mass is 326 g/mol. The second kappa shape index (κ2) is 6.63. The number of halogens is 3. The third-order valence-electron chi connectivity index (χ3n) is 2.64. The lowest BCUT2D eigenvalue weighted by atomic mass is 10.1. The molecule has 0 bridgehead atoms. The van der Waals surface area contributed by atoms with Crippen molar-refractivity contribution in [3.8, 4) is 0 Å². The number of nitrogen functional groups attached to an aromatic ring is 1. The molecular weight excluding hydrogens is 309 g/mol. The highest BCUT2D eigenvalue weighted by Gasteiger charge is 2.27. The molecule has 0 fully saturated rings. The fourth-order valence-electron chi connectivity index (χ4n) is 1.65. The van der Waals surface area contributed by atoms with Gasteiger partial charge in [-0.25, -0.2) is 13.1 Å². The minimum absolute atomic E-state index is 0.0100. The number of nitrogens with two attached hydrogens (primary N) is 1. The third kappa shape index (κ3) is 5.52. The number of benzene rings is 1. The number of alkyl halides is 3. The van der Waals surface area contributed by atoms with E-state index in [-0.39, 0.29) is 18.0 Å². The Morgan fingerprint density at radius 1 is 1.29 bits per heavy atom. The van der Waals surface area contributed by atoms with E-state index in [0.29, 0.717) is 16.8 Å². The number of nitrogens with one attached hydrogen (secondary N) is 1. The van der Waals surface area contributed by atoms with Crippen LogP contribution in [0.5, 0.6) is 0 Å². The van der Waals surface area contributed by atoms with Crippen molar-refractivity contribution in [3.63, 3.8) is 0 Å². The van der Waals surface area contributed by atoms with Crippen molar-refractivity contribution < 1.29 is 26.3 Å². The first-order chi connectivity index (χ1) is 9.53. The lowest BCUT2D eigenvalue weighted by molar-refractivity contribution is -0.173. The normalized spacial score (nSPS) is 12.6. The van der Waals surface area contributed by atoms with Crippen molar-refractivity contribution in [2.24, 2.45) is 0 Å². The predicted molar refractivity (Wildman–Crippen MR) is 72.4 cm³/mol. The molecule has 0 aliphatic heterocycles. The minimum atomic E-state index is -4.43. The Kier molecular flexibility index (Phi) is 5.60. The van der Waals surface area contributed by atoms with Gasteiger partial charge in [0, 0.05) is 12.2 Å². The smallest absolute Gasteiger partial charge is 0.398 e. The van der Waals surface area contributed by atoms with Crippen LogP contribution in [0, 0.1) is 13.8 Å². The second-order valence-corrected chi connectivity index (χ2v) is 6.28. The van der Waals surface area contributed by atoms with Crippen molar-refractivity contribution in [3.05, 3.63) is 23.3 Å². The van der Waals surface area contributed by atoms with Gasteiger partial charge in [0.1, 0.15) is 6.61 Å². The molecule has 120 valence electrons. The maximum Gasteiger partial charge on any atom is 0.411 e. The molecule has 0 aromatic heterocycles. The van der Waals surface area contributed by atoms with Crippen molar-refractivity contribution in [1.29, 1.82) is 0 Å². The summed E-state index contributed by atoms with van der Waals surface area (Å²) in [7, 11) is -3.84. The number of hydrogen-bond acceptors (Lipinski definition) is 4. The van der Waals surface area contributed by atoms with Crippen LogP contribution in [0.1, 0.15) is 11.1 Å². The van der Waals surface area contributed by atoms with Gasteiger partial charge in [-0.3, -0.25) is 0 Å². The molecule has 0 aliphatic rings. The lowest BCUT2D eigenvalue weighted by Crippen LogP contribution is -2.29. The van der Waals surface area contributed by atoms with Gasteiger partial charge in [0.15, 0.2) is 0 Å². The largest absolute Gasteiger partial charge is 0.411 e. The van der Waals surface area contributed by atoms with Gasteiger partial charge in [-0.1, -0.05) is 0 Å². The quantitative estimate of drug-likeness (QED) is 0.616. The summed E-state index contributed by atoms with van der Waals surface area (Å²) >= 11 is 0. The molecule has 21 heavy (non-hydrogen) atoms. The molecule has 0 aliphatic carbocycles. The molecule has 0 saturated heterocycles. The number of hydrogen-bond donors (Lipinski definition) is 2. The molecule has 0 amide bonds. The molecule has 3 N–H and O–H groups in total. The van der Waals surface area contributed by atoms with Gasteiger partial charge in [0.2, 0.25) is 10.0 Å². The molecular formula is C12H17F3N2O3S. The van der Waals surface area contributed by atoms with Crippen LogP contribution in [0.25, 0.3) is 0 Å². The summed E-state index contributed by atoms with van der Waals surface area (Å²) in [6, 6.07) is 3.09. The van der Waals surface area contributed by atoms with Crippen molar-refractivity contribution in [1.82, 2.24) is 4.72 Å². The Balaban J connectivity index is 2.67. The van der Waals surface area contributed by atoms with Crippen LogP contribution < -0.4 is 10.5 Å². The van der Waals surface area contributed by atoms with Crippen LogP contribution >= 0.6 is 0 Å². The van der Waals surface area contributed by atoms with E-state index in [2.05, 4.69) is 9.46 Å². The van der Waals surface area contributed by atoms with Gasteiger partial charge in [-0.2, -0.15) is 13.2 Å². The van der Waals surface area contributed by atoms with Crippen LogP contribution in [-0.2, 0) is 14.8 Å². The first kappa shape index (κ1) is 17.7. The van der Waals surface area contributed by atoms with Gasteiger partial charge in [-0.15, -0.1) is 0 Å². The highest BCUT2D eigenvalue weighted by atomic mass is 32.2. The van der Waals surface area contributed by atoms with E-state index in [1.165, 1.54) is 6.07 Å². The number of sulfonamides is 1. The van der Waals surface area contributed by atoms with Gasteiger partial charge < -0.3 is 10.5 Å². The molecule has 9 heteroatoms. The zero-order chi connectivity index (χ0) is 16.3. The van der Waals surface area contributed by atoms with E-state index >= 15 is 0 Å². The van der Waals surface area contributed by atoms with Gasteiger partial charge >= 0.3 is 6.18 Å². The highest BCUT2D eigenvalue weighted by Crippen LogP contribution is 2.22. The second-order valence-electron chi connectivity index (χ2n) is 4.54. The third-order valence-corrected chi connectivity index (χ3v) is 4.23. The van der Waals surface area contributed by atoms with Crippen molar-refractivity contribution >= 4 is 15.7 Å². The molecule has 1 aromatic rings. The van der Waals surface area contributed by atoms with Crippen molar-refractivity contribution in [2.75, 3.05) is 25.5 Å². The number of rotatable bonds is 6. The number of aryl methyl sites for hydroxylation is 1. The summed E-state index contributed by atoms with van der Waals surface area (Å²) in [6.07, 6.45) is -4.43. The first-order valence-electron chi connectivity index (χ1n) is 6.04. The Hall–Kier alpha value is -1.32. The molecule has 0 unspecified atom stereocenters. The van der Waals surface area contributed by atoms with Gasteiger partial charge in [-0.05, 0) is 37.1 Å². The van der Waals surface area contributed by atoms with E-state index in [1.807, 2.05) is 0 Å². The molecule has 0 heterocycles. The minimum Gasteiger partial charge on any atom is -0.398 e. The van der Waals surface area contributed by atoms with E-state index in [4.69, 9.17) is 5.73 Å². The fourth-order valence-corrected chi connectivity index (χ4v) is 3.02. The van der Waals surface area contributed by atoms with Crippen molar-refractivity contribution in [2.45, 2.75) is 24.9 Å². The average molecular weight is 326 g/mol. The standard InChI is InChI=1S/C12H17F3N2O3S/c1-8-5-10(16)9(2)11(6-8)21(18,19)17-3-4-20-7-12(13,14)15/h5-6,17H,3-4,7,16H2,1-2H3. The predicted octanol–water partition coefficient (Wildman–Crippen LogP) is 1.74.